The fourth-order valence-electron chi connectivity index (χ4n) is 3.46. The van der Waals surface area contributed by atoms with E-state index in [1.807, 2.05) is 26.8 Å². The highest BCUT2D eigenvalue weighted by molar-refractivity contribution is 5.65. The lowest BCUT2D eigenvalue weighted by molar-refractivity contribution is -0.140. The Labute approximate surface area is 147 Å². The molecule has 1 aromatic carbocycles. The summed E-state index contributed by atoms with van der Waals surface area (Å²) in [7, 11) is 1.03. The fourth-order valence-corrected chi connectivity index (χ4v) is 3.46. The second-order valence-corrected chi connectivity index (χ2v) is 7.41. The standard InChI is InChI=1S/C19H27F3O3/c1-10(2)8-11(3)9-18(5,6)13-12(4)15(23)17(25-7)14(16(13)24)19(20,21)22/h9-10,23-24H,8H2,1-7H3/b11-9+. The molecule has 0 saturated heterocycles. The van der Waals surface area contributed by atoms with Gasteiger partial charge in [-0.2, -0.15) is 13.2 Å². The van der Waals surface area contributed by atoms with Gasteiger partial charge in [0.2, 0.25) is 0 Å². The average molecular weight is 360 g/mol. The van der Waals surface area contributed by atoms with E-state index in [9.17, 15) is 23.4 Å². The maximum atomic E-state index is 13.4. The van der Waals surface area contributed by atoms with Crippen molar-refractivity contribution in [2.45, 2.75) is 59.6 Å². The van der Waals surface area contributed by atoms with Gasteiger partial charge in [-0.05, 0) is 26.2 Å². The zero-order valence-electron chi connectivity index (χ0n) is 15.8. The van der Waals surface area contributed by atoms with Gasteiger partial charge in [0.25, 0.3) is 0 Å². The highest BCUT2D eigenvalue weighted by atomic mass is 19.4. The number of aromatic hydroxyl groups is 2. The molecule has 0 radical (unpaired) electrons. The molecule has 3 nitrogen and oxygen atoms in total. The maximum absolute atomic E-state index is 13.4. The van der Waals surface area contributed by atoms with Crippen LogP contribution in [0.1, 0.15) is 57.7 Å². The third kappa shape index (κ3) is 4.41. The first kappa shape index (κ1) is 21.2. The number of allylic oxidation sites excluding steroid dienone is 2. The molecule has 2 N–H and O–H groups in total. The molecule has 0 amide bonds. The zero-order valence-corrected chi connectivity index (χ0v) is 15.8. The predicted molar refractivity (Wildman–Crippen MR) is 92.3 cm³/mol. The van der Waals surface area contributed by atoms with Crippen LogP contribution in [0, 0.1) is 12.8 Å². The molecule has 0 aliphatic heterocycles. The van der Waals surface area contributed by atoms with E-state index in [2.05, 4.69) is 0 Å². The lowest BCUT2D eigenvalue weighted by Crippen LogP contribution is -2.20. The Kier molecular flexibility index (Phi) is 6.09. The minimum absolute atomic E-state index is 0.0428. The second-order valence-electron chi connectivity index (χ2n) is 7.41. The van der Waals surface area contributed by atoms with Gasteiger partial charge in [-0.3, -0.25) is 0 Å². The van der Waals surface area contributed by atoms with Gasteiger partial charge < -0.3 is 14.9 Å². The van der Waals surface area contributed by atoms with Crippen LogP contribution in [0.3, 0.4) is 0 Å². The summed E-state index contributed by atoms with van der Waals surface area (Å²) in [5.74, 6) is -1.87. The van der Waals surface area contributed by atoms with Crippen LogP contribution in [0.5, 0.6) is 17.2 Å². The monoisotopic (exact) mass is 360 g/mol. The molecule has 1 aromatic rings. The van der Waals surface area contributed by atoms with Crippen molar-refractivity contribution in [1.82, 2.24) is 0 Å². The van der Waals surface area contributed by atoms with E-state index in [1.165, 1.54) is 6.92 Å². The van der Waals surface area contributed by atoms with E-state index in [4.69, 9.17) is 4.74 Å². The van der Waals surface area contributed by atoms with Crippen molar-refractivity contribution in [3.63, 3.8) is 0 Å². The maximum Gasteiger partial charge on any atom is 0.423 e. The van der Waals surface area contributed by atoms with Crippen molar-refractivity contribution in [1.29, 1.82) is 0 Å². The van der Waals surface area contributed by atoms with Gasteiger partial charge in [0.05, 0.1) is 7.11 Å². The van der Waals surface area contributed by atoms with Crippen molar-refractivity contribution in [3.8, 4) is 17.2 Å². The normalized spacial score (nSPS) is 13.5. The SMILES string of the molecule is COc1c(O)c(C)c(C(C)(C)/C=C(\C)CC(C)C)c(O)c1C(F)(F)F. The van der Waals surface area contributed by atoms with Gasteiger partial charge in [-0.25, -0.2) is 0 Å². The summed E-state index contributed by atoms with van der Waals surface area (Å²) in [6.45, 7) is 10.9. The van der Waals surface area contributed by atoms with Crippen molar-refractivity contribution in [2.24, 2.45) is 5.92 Å². The third-order valence-corrected chi connectivity index (χ3v) is 4.12. The van der Waals surface area contributed by atoms with E-state index in [-0.39, 0.29) is 11.1 Å². The number of ether oxygens (including phenoxy) is 1. The van der Waals surface area contributed by atoms with Gasteiger partial charge in [0, 0.05) is 16.5 Å². The molecule has 0 heterocycles. The highest BCUT2D eigenvalue weighted by Gasteiger charge is 2.43. The summed E-state index contributed by atoms with van der Waals surface area (Å²) < 4.78 is 45.1. The molecule has 0 aliphatic carbocycles. The molecule has 0 aliphatic rings. The lowest BCUT2D eigenvalue weighted by atomic mass is 9.78. The minimum atomic E-state index is -4.86. The topological polar surface area (TPSA) is 49.7 Å². The number of rotatable bonds is 5. The van der Waals surface area contributed by atoms with Crippen LogP contribution in [0.4, 0.5) is 13.2 Å². The molecule has 0 fully saturated rings. The van der Waals surface area contributed by atoms with E-state index in [0.717, 1.165) is 19.1 Å². The average Bonchev–Trinajstić information content (AvgIpc) is 2.38. The molecule has 6 heteroatoms. The summed E-state index contributed by atoms with van der Waals surface area (Å²) in [6, 6.07) is 0. The van der Waals surface area contributed by atoms with E-state index in [0.29, 0.717) is 5.92 Å². The fraction of sp³-hybridized carbons (Fsp3) is 0.579. The largest absolute Gasteiger partial charge is 0.507 e. The van der Waals surface area contributed by atoms with Gasteiger partial charge in [-0.1, -0.05) is 39.3 Å². The van der Waals surface area contributed by atoms with Gasteiger partial charge >= 0.3 is 6.18 Å². The first-order chi connectivity index (χ1) is 11.2. The Balaban J connectivity index is 3.74. The molecular weight excluding hydrogens is 333 g/mol. The number of halogens is 3. The molecule has 0 saturated carbocycles. The Hall–Kier alpha value is -1.85. The summed E-state index contributed by atoms with van der Waals surface area (Å²) in [4.78, 5) is 0. The predicted octanol–water partition coefficient (Wildman–Crippen LogP) is 5.70. The summed E-state index contributed by atoms with van der Waals surface area (Å²) in [6.07, 6.45) is -2.24. The van der Waals surface area contributed by atoms with Gasteiger partial charge in [0.15, 0.2) is 11.5 Å². The number of hydrogen-bond acceptors (Lipinski definition) is 3. The number of phenolic OH excluding ortho intramolecular Hbond substituents is 2. The number of hydrogen-bond donors (Lipinski definition) is 2. The van der Waals surface area contributed by atoms with Crippen LogP contribution in [0.2, 0.25) is 0 Å². The van der Waals surface area contributed by atoms with Crippen molar-refractivity contribution in [2.75, 3.05) is 7.11 Å². The van der Waals surface area contributed by atoms with Crippen molar-refractivity contribution >= 4 is 0 Å². The Morgan fingerprint density at radius 3 is 2.04 bits per heavy atom. The Bertz CT molecular complexity index is 672. The zero-order chi connectivity index (χ0) is 19.7. The highest BCUT2D eigenvalue weighted by Crippen LogP contribution is 2.53. The summed E-state index contributed by atoms with van der Waals surface area (Å²) in [5.41, 5.74) is -1.04. The van der Waals surface area contributed by atoms with Gasteiger partial charge in [-0.15, -0.1) is 0 Å². The smallest absolute Gasteiger partial charge is 0.423 e. The van der Waals surface area contributed by atoms with Crippen LogP contribution in [0.25, 0.3) is 0 Å². The van der Waals surface area contributed by atoms with E-state index < -0.39 is 34.4 Å². The second kappa shape index (κ2) is 7.18. The third-order valence-electron chi connectivity index (χ3n) is 4.12. The molecule has 0 aromatic heterocycles. The van der Waals surface area contributed by atoms with E-state index in [1.54, 1.807) is 13.8 Å². The molecule has 0 spiro atoms. The number of phenols is 2. The Morgan fingerprint density at radius 1 is 1.12 bits per heavy atom. The van der Waals surface area contributed by atoms with Crippen LogP contribution in [-0.4, -0.2) is 17.3 Å². The van der Waals surface area contributed by atoms with Crippen LogP contribution in [0.15, 0.2) is 11.6 Å². The molecule has 0 bridgehead atoms. The molecular formula is C19H27F3O3. The first-order valence-electron chi connectivity index (χ1n) is 8.12. The number of methoxy groups -OCH3 is 1. The first-order valence-corrected chi connectivity index (χ1v) is 8.12. The molecule has 25 heavy (non-hydrogen) atoms. The van der Waals surface area contributed by atoms with Crippen molar-refractivity contribution in [3.05, 3.63) is 28.3 Å². The minimum Gasteiger partial charge on any atom is -0.507 e. The molecule has 0 unspecified atom stereocenters. The number of alkyl halides is 3. The van der Waals surface area contributed by atoms with Crippen LogP contribution < -0.4 is 4.74 Å². The van der Waals surface area contributed by atoms with Gasteiger partial charge in [0.1, 0.15) is 11.3 Å². The lowest BCUT2D eigenvalue weighted by Gasteiger charge is -2.29. The van der Waals surface area contributed by atoms with Crippen molar-refractivity contribution < 1.29 is 28.1 Å². The molecule has 1 rings (SSSR count). The van der Waals surface area contributed by atoms with E-state index >= 15 is 0 Å². The number of benzene rings is 1. The quantitative estimate of drug-likeness (QED) is 0.523. The molecule has 0 atom stereocenters. The van der Waals surface area contributed by atoms with Crippen LogP contribution >= 0.6 is 0 Å². The Morgan fingerprint density at radius 2 is 1.64 bits per heavy atom. The summed E-state index contributed by atoms with van der Waals surface area (Å²) >= 11 is 0. The molecule has 142 valence electrons. The van der Waals surface area contributed by atoms with Crippen LogP contribution in [-0.2, 0) is 11.6 Å². The summed E-state index contributed by atoms with van der Waals surface area (Å²) in [5, 5.41) is 20.7.